The lowest BCUT2D eigenvalue weighted by Crippen LogP contribution is -2.26. The van der Waals surface area contributed by atoms with Crippen LogP contribution < -0.4 is 10.1 Å². The largest absolute Gasteiger partial charge is 0.494 e. The van der Waals surface area contributed by atoms with E-state index >= 15 is 0 Å². The SMILES string of the molecule is COc1c(Nc2c(C(=O)N(C)OC)cnc(Cl)c2F)cccc1-c1ncn(C)n1. The van der Waals surface area contributed by atoms with Crippen molar-refractivity contribution in [2.24, 2.45) is 7.05 Å². The molecule has 1 amide bonds. The van der Waals surface area contributed by atoms with Crippen molar-refractivity contribution in [3.63, 3.8) is 0 Å². The van der Waals surface area contributed by atoms with Crippen molar-refractivity contribution in [3.05, 3.63) is 47.3 Å². The number of carbonyl (C=O) groups excluding carboxylic acids is 1. The molecular formula is C18H18ClFN6O3. The Morgan fingerprint density at radius 2 is 2.07 bits per heavy atom. The highest BCUT2D eigenvalue weighted by Crippen LogP contribution is 2.38. The molecule has 0 radical (unpaired) electrons. The summed E-state index contributed by atoms with van der Waals surface area (Å²) in [5.41, 5.74) is 0.733. The fourth-order valence-corrected chi connectivity index (χ4v) is 2.77. The summed E-state index contributed by atoms with van der Waals surface area (Å²) in [7, 11) is 5.92. The van der Waals surface area contributed by atoms with E-state index in [9.17, 15) is 9.18 Å². The number of benzene rings is 1. The third kappa shape index (κ3) is 3.98. The second kappa shape index (κ2) is 8.41. The molecule has 0 fully saturated rings. The number of aromatic nitrogens is 4. The van der Waals surface area contributed by atoms with Gasteiger partial charge in [0.05, 0.1) is 36.7 Å². The molecule has 1 N–H and O–H groups in total. The van der Waals surface area contributed by atoms with Gasteiger partial charge in [-0.2, -0.15) is 5.10 Å². The van der Waals surface area contributed by atoms with Crippen LogP contribution >= 0.6 is 11.6 Å². The molecule has 0 bridgehead atoms. The number of aryl methyl sites for hydroxylation is 1. The predicted octanol–water partition coefficient (Wildman–Crippen LogP) is 3.06. The van der Waals surface area contributed by atoms with Gasteiger partial charge in [-0.15, -0.1) is 0 Å². The molecule has 3 rings (SSSR count). The zero-order valence-corrected chi connectivity index (χ0v) is 16.9. The standard InChI is InChI=1S/C18H18ClFN6O3/c1-25-9-22-17(24-25)10-6-5-7-12(15(10)28-3)23-14-11(18(27)26(2)29-4)8-21-16(19)13(14)20/h5-9H,1-4H3,(H,21,23). The van der Waals surface area contributed by atoms with Gasteiger partial charge in [0, 0.05) is 20.3 Å². The number of amides is 1. The summed E-state index contributed by atoms with van der Waals surface area (Å²) in [5, 5.41) is 7.71. The van der Waals surface area contributed by atoms with Crippen LogP contribution in [0.1, 0.15) is 10.4 Å². The number of carbonyl (C=O) groups is 1. The van der Waals surface area contributed by atoms with Crippen molar-refractivity contribution in [2.45, 2.75) is 0 Å². The molecule has 9 nitrogen and oxygen atoms in total. The van der Waals surface area contributed by atoms with E-state index in [0.717, 1.165) is 5.06 Å². The van der Waals surface area contributed by atoms with Gasteiger partial charge in [0.2, 0.25) is 0 Å². The molecule has 0 saturated heterocycles. The van der Waals surface area contributed by atoms with Gasteiger partial charge in [-0.3, -0.25) is 14.3 Å². The van der Waals surface area contributed by atoms with Gasteiger partial charge in [0.25, 0.3) is 5.91 Å². The van der Waals surface area contributed by atoms with E-state index in [0.29, 0.717) is 22.8 Å². The number of methoxy groups -OCH3 is 1. The van der Waals surface area contributed by atoms with Gasteiger partial charge >= 0.3 is 0 Å². The minimum atomic E-state index is -0.884. The van der Waals surface area contributed by atoms with Crippen molar-refractivity contribution in [3.8, 4) is 17.1 Å². The molecule has 2 heterocycles. The van der Waals surface area contributed by atoms with Gasteiger partial charge in [0.15, 0.2) is 22.5 Å². The van der Waals surface area contributed by atoms with E-state index in [1.165, 1.54) is 27.5 Å². The van der Waals surface area contributed by atoms with E-state index < -0.39 is 11.7 Å². The van der Waals surface area contributed by atoms with E-state index in [1.807, 2.05) is 0 Å². The van der Waals surface area contributed by atoms with Gasteiger partial charge < -0.3 is 10.1 Å². The molecular weight excluding hydrogens is 403 g/mol. The first-order chi connectivity index (χ1) is 13.9. The molecule has 1 aromatic carbocycles. The predicted molar refractivity (Wildman–Crippen MR) is 105 cm³/mol. The fourth-order valence-electron chi connectivity index (χ4n) is 2.63. The average molecular weight is 421 g/mol. The first-order valence-corrected chi connectivity index (χ1v) is 8.71. The molecule has 0 saturated carbocycles. The average Bonchev–Trinajstić information content (AvgIpc) is 3.16. The second-order valence-corrected chi connectivity index (χ2v) is 6.25. The first kappa shape index (κ1) is 20.5. The van der Waals surface area contributed by atoms with Crippen LogP contribution in [0.5, 0.6) is 5.75 Å². The minimum Gasteiger partial charge on any atom is -0.494 e. The van der Waals surface area contributed by atoms with Crippen LogP contribution in [0.2, 0.25) is 5.15 Å². The van der Waals surface area contributed by atoms with Gasteiger partial charge in [-0.1, -0.05) is 17.7 Å². The topological polar surface area (TPSA) is 94.4 Å². The highest BCUT2D eigenvalue weighted by atomic mass is 35.5. The Labute approximate surface area is 171 Å². The number of hydrogen-bond donors (Lipinski definition) is 1. The summed E-state index contributed by atoms with van der Waals surface area (Å²) in [6.45, 7) is 0. The third-order valence-corrected chi connectivity index (χ3v) is 4.35. The maximum atomic E-state index is 14.8. The van der Waals surface area contributed by atoms with Crippen molar-refractivity contribution in [2.75, 3.05) is 26.6 Å². The molecule has 0 atom stereocenters. The molecule has 11 heteroatoms. The van der Waals surface area contributed by atoms with E-state index in [-0.39, 0.29) is 16.4 Å². The Kier molecular flexibility index (Phi) is 5.95. The number of para-hydroxylation sites is 1. The van der Waals surface area contributed by atoms with E-state index in [4.69, 9.17) is 21.2 Å². The molecule has 0 spiro atoms. The smallest absolute Gasteiger partial charge is 0.280 e. The maximum Gasteiger partial charge on any atom is 0.280 e. The quantitative estimate of drug-likeness (QED) is 0.483. The number of rotatable bonds is 6. The molecule has 0 aliphatic carbocycles. The van der Waals surface area contributed by atoms with Gasteiger partial charge in [-0.25, -0.2) is 19.4 Å². The summed E-state index contributed by atoms with van der Waals surface area (Å²) in [4.78, 5) is 25.4. The molecule has 3 aromatic rings. The Morgan fingerprint density at radius 1 is 1.31 bits per heavy atom. The summed E-state index contributed by atoms with van der Waals surface area (Å²) in [6, 6.07) is 5.15. The van der Waals surface area contributed by atoms with Crippen LogP contribution in [0.15, 0.2) is 30.7 Å². The number of hydrogen-bond acceptors (Lipinski definition) is 7. The molecule has 29 heavy (non-hydrogen) atoms. The van der Waals surface area contributed by atoms with E-state index in [1.54, 1.807) is 36.3 Å². The van der Waals surface area contributed by atoms with Crippen LogP contribution in [0.3, 0.4) is 0 Å². The van der Waals surface area contributed by atoms with Crippen molar-refractivity contribution < 1.29 is 18.8 Å². The Bertz CT molecular complexity index is 1060. The summed E-state index contributed by atoms with van der Waals surface area (Å²) >= 11 is 5.84. The molecule has 0 aliphatic rings. The lowest BCUT2D eigenvalue weighted by Gasteiger charge is -2.19. The molecule has 152 valence electrons. The number of ether oxygens (including phenoxy) is 1. The number of anilines is 2. The van der Waals surface area contributed by atoms with Crippen LogP contribution in [-0.4, -0.2) is 52.0 Å². The lowest BCUT2D eigenvalue weighted by atomic mass is 10.1. The second-order valence-electron chi connectivity index (χ2n) is 5.89. The zero-order valence-electron chi connectivity index (χ0n) is 16.1. The number of pyridine rings is 1. The van der Waals surface area contributed by atoms with Crippen molar-refractivity contribution in [1.29, 1.82) is 0 Å². The Balaban J connectivity index is 2.11. The van der Waals surface area contributed by atoms with Crippen LogP contribution in [0, 0.1) is 5.82 Å². The normalized spacial score (nSPS) is 10.7. The summed E-state index contributed by atoms with van der Waals surface area (Å²) in [6.07, 6.45) is 2.72. The first-order valence-electron chi connectivity index (χ1n) is 8.33. The van der Waals surface area contributed by atoms with Gasteiger partial charge in [0.1, 0.15) is 6.33 Å². The van der Waals surface area contributed by atoms with Crippen LogP contribution in [-0.2, 0) is 11.9 Å². The Morgan fingerprint density at radius 3 is 2.69 bits per heavy atom. The van der Waals surface area contributed by atoms with Crippen molar-refractivity contribution >= 4 is 28.9 Å². The number of nitrogens with zero attached hydrogens (tertiary/aromatic N) is 5. The van der Waals surface area contributed by atoms with Crippen LogP contribution in [0.4, 0.5) is 15.8 Å². The maximum absolute atomic E-state index is 14.8. The molecule has 0 aliphatic heterocycles. The zero-order chi connectivity index (χ0) is 21.1. The number of halogens is 2. The van der Waals surface area contributed by atoms with Crippen LogP contribution in [0.25, 0.3) is 11.4 Å². The highest BCUT2D eigenvalue weighted by Gasteiger charge is 2.24. The van der Waals surface area contributed by atoms with Crippen molar-refractivity contribution in [1.82, 2.24) is 24.8 Å². The van der Waals surface area contributed by atoms with E-state index in [2.05, 4.69) is 20.4 Å². The molecule has 2 aromatic heterocycles. The Hall–Kier alpha value is -3.24. The number of nitrogens with one attached hydrogen (secondary N) is 1. The monoisotopic (exact) mass is 420 g/mol. The highest BCUT2D eigenvalue weighted by molar-refractivity contribution is 6.30. The third-order valence-electron chi connectivity index (χ3n) is 4.09. The fraction of sp³-hybridized carbons (Fsp3) is 0.222. The minimum absolute atomic E-state index is 0.0698. The number of hydroxylamine groups is 2. The lowest BCUT2D eigenvalue weighted by molar-refractivity contribution is -0.0756. The summed E-state index contributed by atoms with van der Waals surface area (Å²) in [5.74, 6) is -0.703. The molecule has 0 unspecified atom stereocenters. The van der Waals surface area contributed by atoms with Gasteiger partial charge in [-0.05, 0) is 12.1 Å². The summed E-state index contributed by atoms with van der Waals surface area (Å²) < 4.78 is 21.9.